The van der Waals surface area contributed by atoms with Gasteiger partial charge < -0.3 is 10.2 Å². The van der Waals surface area contributed by atoms with Crippen molar-refractivity contribution in [2.45, 2.75) is 13.0 Å². The van der Waals surface area contributed by atoms with Gasteiger partial charge in [0.05, 0.1) is 16.4 Å². The summed E-state index contributed by atoms with van der Waals surface area (Å²) >= 11 is 11.8. The number of fused-ring (bicyclic) bond motifs is 1. The number of aromatic nitrogens is 1. The number of hydrogen-bond donors (Lipinski definition) is 3. The van der Waals surface area contributed by atoms with Crippen LogP contribution in [0.25, 0.3) is 0 Å². The molecule has 6 nitrogen and oxygen atoms in total. The van der Waals surface area contributed by atoms with Crippen LogP contribution >= 0.6 is 23.2 Å². The van der Waals surface area contributed by atoms with E-state index in [1.807, 2.05) is 0 Å². The Morgan fingerprint density at radius 1 is 1.21 bits per heavy atom. The molecule has 0 fully saturated rings. The third-order valence-corrected chi connectivity index (χ3v) is 4.64. The third kappa shape index (κ3) is 3.29. The molecule has 1 aromatic carbocycles. The second-order valence-electron chi connectivity index (χ2n) is 5.48. The molecule has 1 aromatic heterocycles. The molecule has 1 aliphatic heterocycles. The SMILES string of the molecule is N=Cn1cc2c(cc1=N)CN(C(=O)Nc1ccc(Cl)c(Cl)c1)CC2. The lowest BCUT2D eigenvalue weighted by Crippen LogP contribution is -2.40. The second-order valence-corrected chi connectivity index (χ2v) is 6.29. The van der Waals surface area contributed by atoms with Crippen LogP contribution in [0.15, 0.2) is 30.5 Å². The molecule has 0 unspecified atom stereocenters. The van der Waals surface area contributed by atoms with Gasteiger partial charge >= 0.3 is 6.03 Å². The van der Waals surface area contributed by atoms with Gasteiger partial charge in [0.1, 0.15) is 5.49 Å². The summed E-state index contributed by atoms with van der Waals surface area (Å²) in [6.45, 7) is 0.989. The van der Waals surface area contributed by atoms with Gasteiger partial charge in [-0.25, -0.2) is 4.79 Å². The lowest BCUT2D eigenvalue weighted by molar-refractivity contribution is 0.206. The van der Waals surface area contributed by atoms with Crippen LogP contribution in [0.1, 0.15) is 11.1 Å². The molecule has 1 aliphatic rings. The van der Waals surface area contributed by atoms with Crippen LogP contribution in [0.2, 0.25) is 10.0 Å². The van der Waals surface area contributed by atoms with E-state index in [0.717, 1.165) is 17.5 Å². The van der Waals surface area contributed by atoms with Crippen LogP contribution in [-0.2, 0) is 13.0 Å². The fourth-order valence-corrected chi connectivity index (χ4v) is 2.92. The van der Waals surface area contributed by atoms with Crippen molar-refractivity contribution in [2.24, 2.45) is 0 Å². The van der Waals surface area contributed by atoms with E-state index in [4.69, 9.17) is 34.0 Å². The minimum atomic E-state index is -0.227. The zero-order valence-electron chi connectivity index (χ0n) is 12.6. The number of nitrogens with zero attached hydrogens (tertiary/aromatic N) is 2. The number of nitrogens with one attached hydrogen (secondary N) is 3. The van der Waals surface area contributed by atoms with Gasteiger partial charge in [-0.2, -0.15) is 0 Å². The Bertz CT molecular complexity index is 877. The maximum Gasteiger partial charge on any atom is 0.322 e. The standard InChI is InChI=1S/C16H15Cl2N5O/c17-13-2-1-12(6-14(13)18)21-16(24)22-4-3-10-7-23(9-19)15(20)5-11(10)8-22/h1-2,5-7,9,19-20H,3-4,8H2,(H,21,24). The molecule has 124 valence electrons. The summed E-state index contributed by atoms with van der Waals surface area (Å²) in [5, 5.41) is 18.8. The third-order valence-electron chi connectivity index (χ3n) is 3.91. The molecule has 3 N–H and O–H groups in total. The fourth-order valence-electron chi connectivity index (χ4n) is 2.62. The number of amides is 2. The van der Waals surface area contributed by atoms with Crippen LogP contribution in [0.5, 0.6) is 0 Å². The van der Waals surface area contributed by atoms with E-state index >= 15 is 0 Å². The van der Waals surface area contributed by atoms with E-state index in [1.165, 1.54) is 4.57 Å². The van der Waals surface area contributed by atoms with E-state index in [2.05, 4.69) is 5.32 Å². The van der Waals surface area contributed by atoms with E-state index in [-0.39, 0.29) is 11.5 Å². The van der Waals surface area contributed by atoms with Crippen LogP contribution < -0.4 is 10.8 Å². The Balaban J connectivity index is 1.76. The van der Waals surface area contributed by atoms with Gasteiger partial charge in [0.15, 0.2) is 0 Å². The van der Waals surface area contributed by atoms with E-state index in [9.17, 15) is 4.79 Å². The van der Waals surface area contributed by atoms with Crippen molar-refractivity contribution in [3.63, 3.8) is 0 Å². The zero-order chi connectivity index (χ0) is 17.3. The van der Waals surface area contributed by atoms with Crippen molar-refractivity contribution < 1.29 is 4.79 Å². The quantitative estimate of drug-likeness (QED) is 0.554. The van der Waals surface area contributed by atoms with Gasteiger partial charge in [-0.05, 0) is 41.8 Å². The Morgan fingerprint density at radius 3 is 2.71 bits per heavy atom. The number of pyridine rings is 1. The van der Waals surface area contributed by atoms with Gasteiger partial charge in [-0.1, -0.05) is 23.2 Å². The molecule has 0 aliphatic carbocycles. The number of anilines is 1. The Hall–Kier alpha value is -2.31. The number of urea groups is 1. The molecule has 8 heteroatoms. The van der Waals surface area contributed by atoms with Gasteiger partial charge in [-0.15, -0.1) is 0 Å². The molecule has 2 amide bonds. The van der Waals surface area contributed by atoms with Crippen molar-refractivity contribution in [3.8, 4) is 0 Å². The fraction of sp³-hybridized carbons (Fsp3) is 0.188. The normalized spacial score (nSPS) is 13.3. The number of rotatable bonds is 2. The molecule has 0 saturated carbocycles. The Kier molecular flexibility index (Phi) is 4.59. The minimum absolute atomic E-state index is 0.218. The van der Waals surface area contributed by atoms with Gasteiger partial charge in [-0.3, -0.25) is 15.4 Å². The number of carbonyl (C=O) groups excluding carboxylic acids is 1. The van der Waals surface area contributed by atoms with Crippen LogP contribution in [-0.4, -0.2) is 28.4 Å². The molecule has 0 saturated heterocycles. The highest BCUT2D eigenvalue weighted by atomic mass is 35.5. The van der Waals surface area contributed by atoms with Crippen molar-refractivity contribution in [2.75, 3.05) is 11.9 Å². The highest BCUT2D eigenvalue weighted by molar-refractivity contribution is 6.42. The molecule has 24 heavy (non-hydrogen) atoms. The molecule has 2 heterocycles. The van der Waals surface area contributed by atoms with Crippen molar-refractivity contribution >= 4 is 41.3 Å². The van der Waals surface area contributed by atoms with Gasteiger partial charge in [0, 0.05) is 25.0 Å². The van der Waals surface area contributed by atoms with Crippen LogP contribution in [0.4, 0.5) is 10.5 Å². The average Bonchev–Trinajstić information content (AvgIpc) is 2.57. The first kappa shape index (κ1) is 16.5. The summed E-state index contributed by atoms with van der Waals surface area (Å²) in [5.41, 5.74) is 2.77. The molecule has 0 bridgehead atoms. The number of carbonyl (C=O) groups is 1. The van der Waals surface area contributed by atoms with E-state index < -0.39 is 0 Å². The Morgan fingerprint density at radius 2 is 2.00 bits per heavy atom. The lowest BCUT2D eigenvalue weighted by Gasteiger charge is -2.29. The summed E-state index contributed by atoms with van der Waals surface area (Å²) in [6, 6.07) is 6.40. The van der Waals surface area contributed by atoms with Crippen molar-refractivity contribution in [1.29, 1.82) is 10.8 Å². The van der Waals surface area contributed by atoms with Crippen LogP contribution in [0.3, 0.4) is 0 Å². The van der Waals surface area contributed by atoms with Crippen molar-refractivity contribution in [1.82, 2.24) is 9.47 Å². The van der Waals surface area contributed by atoms with E-state index in [0.29, 0.717) is 35.2 Å². The number of hydrogen-bond acceptors (Lipinski definition) is 3. The molecule has 0 spiro atoms. The number of halogens is 2. The Labute approximate surface area is 148 Å². The van der Waals surface area contributed by atoms with Crippen molar-refractivity contribution in [3.05, 3.63) is 57.1 Å². The summed E-state index contributed by atoms with van der Waals surface area (Å²) in [6.07, 6.45) is 3.56. The van der Waals surface area contributed by atoms with Gasteiger partial charge in [0.2, 0.25) is 0 Å². The molecule has 0 atom stereocenters. The smallest absolute Gasteiger partial charge is 0.320 e. The largest absolute Gasteiger partial charge is 0.322 e. The van der Waals surface area contributed by atoms with Crippen LogP contribution in [0, 0.1) is 10.8 Å². The highest BCUT2D eigenvalue weighted by Crippen LogP contribution is 2.25. The highest BCUT2D eigenvalue weighted by Gasteiger charge is 2.21. The molecule has 3 rings (SSSR count). The first-order valence-corrected chi connectivity index (χ1v) is 8.03. The number of benzene rings is 1. The summed E-state index contributed by atoms with van der Waals surface area (Å²) in [4.78, 5) is 14.1. The molecular formula is C16H15Cl2N5O. The molecule has 2 aromatic rings. The minimum Gasteiger partial charge on any atom is -0.320 e. The first-order valence-electron chi connectivity index (χ1n) is 7.28. The zero-order valence-corrected chi connectivity index (χ0v) is 14.2. The van der Waals surface area contributed by atoms with Gasteiger partial charge in [0.25, 0.3) is 0 Å². The maximum atomic E-state index is 12.4. The predicted molar refractivity (Wildman–Crippen MR) is 94.1 cm³/mol. The summed E-state index contributed by atoms with van der Waals surface area (Å²) < 4.78 is 1.45. The average molecular weight is 364 g/mol. The second kappa shape index (κ2) is 6.67. The molecule has 0 radical (unpaired) electrons. The topological polar surface area (TPSA) is 85.0 Å². The first-order chi connectivity index (χ1) is 11.5. The summed E-state index contributed by atoms with van der Waals surface area (Å²) in [7, 11) is 0. The van der Waals surface area contributed by atoms with E-state index in [1.54, 1.807) is 35.4 Å². The summed E-state index contributed by atoms with van der Waals surface area (Å²) in [5.74, 6) is 0. The molecular weight excluding hydrogens is 349 g/mol. The monoisotopic (exact) mass is 363 g/mol. The lowest BCUT2D eigenvalue weighted by atomic mass is 10.0. The maximum absolute atomic E-state index is 12.4. The predicted octanol–water partition coefficient (Wildman–Crippen LogP) is 3.32.